The molecule has 0 radical (unpaired) electrons. The van der Waals surface area contributed by atoms with E-state index in [0.29, 0.717) is 6.42 Å². The number of carboxylic acid groups (broad SMARTS) is 1. The van der Waals surface area contributed by atoms with Crippen LogP contribution in [0.4, 0.5) is 0 Å². The number of nitrogens with one attached hydrogen (secondary N) is 1. The first-order valence-electron chi connectivity index (χ1n) is 5.61. The number of hydrogen-bond acceptors (Lipinski definition) is 3. The Morgan fingerprint density at radius 1 is 1.56 bits per heavy atom. The highest BCUT2D eigenvalue weighted by Gasteiger charge is 2.34. The van der Waals surface area contributed by atoms with Crippen LogP contribution in [-0.2, 0) is 9.59 Å². The fraction of sp³-hybridized carbons (Fsp3) is 0.500. The monoisotopic (exact) mass is 333 g/mol. The van der Waals surface area contributed by atoms with E-state index in [-0.39, 0.29) is 11.8 Å². The minimum Gasteiger partial charge on any atom is -0.480 e. The fourth-order valence-electron chi connectivity index (χ4n) is 1.36. The van der Waals surface area contributed by atoms with E-state index in [4.69, 9.17) is 5.11 Å². The quantitative estimate of drug-likeness (QED) is 0.870. The summed E-state index contributed by atoms with van der Waals surface area (Å²) in [6.07, 6.45) is 0.342. The zero-order valence-electron chi connectivity index (χ0n) is 10.5. The van der Waals surface area contributed by atoms with E-state index in [9.17, 15) is 9.59 Å². The molecule has 0 aromatic carbocycles. The number of hydrogen-bond donors (Lipinski definition) is 2. The van der Waals surface area contributed by atoms with Crippen LogP contribution in [0.25, 0.3) is 0 Å². The van der Waals surface area contributed by atoms with Gasteiger partial charge in [-0.2, -0.15) is 0 Å². The molecule has 1 aromatic rings. The highest BCUT2D eigenvalue weighted by molar-refractivity contribution is 9.11. The molecular formula is C12H16BrNO3S. The van der Waals surface area contributed by atoms with Gasteiger partial charge >= 0.3 is 5.97 Å². The van der Waals surface area contributed by atoms with Crippen molar-refractivity contribution in [2.75, 3.05) is 0 Å². The number of rotatable bonds is 5. The molecule has 0 aliphatic heterocycles. The lowest BCUT2D eigenvalue weighted by Crippen LogP contribution is -2.52. The molecule has 2 atom stereocenters. The maximum Gasteiger partial charge on any atom is 0.329 e. The van der Waals surface area contributed by atoms with Crippen LogP contribution in [0.2, 0.25) is 0 Å². The summed E-state index contributed by atoms with van der Waals surface area (Å²) in [5.74, 6) is -1.64. The molecule has 0 saturated heterocycles. The second-order valence-electron chi connectivity index (χ2n) is 4.34. The van der Waals surface area contributed by atoms with Crippen molar-refractivity contribution < 1.29 is 14.7 Å². The molecular weight excluding hydrogens is 318 g/mol. The second-order valence-corrected chi connectivity index (χ2v) is 6.84. The molecule has 2 unspecified atom stereocenters. The summed E-state index contributed by atoms with van der Waals surface area (Å²) in [5.41, 5.74) is -1.21. The number of carbonyl (C=O) groups excluding carboxylic acids is 1. The first-order chi connectivity index (χ1) is 8.30. The third-order valence-electron chi connectivity index (χ3n) is 2.99. The van der Waals surface area contributed by atoms with Crippen LogP contribution in [-0.4, -0.2) is 22.5 Å². The van der Waals surface area contributed by atoms with E-state index in [2.05, 4.69) is 21.2 Å². The van der Waals surface area contributed by atoms with Gasteiger partial charge in [-0.1, -0.05) is 6.92 Å². The highest BCUT2D eigenvalue weighted by Crippen LogP contribution is 2.29. The Morgan fingerprint density at radius 3 is 2.56 bits per heavy atom. The van der Waals surface area contributed by atoms with Crippen molar-refractivity contribution in [3.05, 3.63) is 20.8 Å². The second kappa shape index (κ2) is 5.84. The van der Waals surface area contributed by atoms with Crippen molar-refractivity contribution in [3.63, 3.8) is 0 Å². The van der Waals surface area contributed by atoms with E-state index >= 15 is 0 Å². The van der Waals surface area contributed by atoms with Crippen molar-refractivity contribution in [1.82, 2.24) is 5.32 Å². The number of aliphatic carboxylic acids is 1. The summed E-state index contributed by atoms with van der Waals surface area (Å²) < 4.78 is 0.952. The lowest BCUT2D eigenvalue weighted by Gasteiger charge is -2.26. The molecule has 1 heterocycles. The lowest BCUT2D eigenvalue weighted by molar-refractivity contribution is -0.147. The lowest BCUT2D eigenvalue weighted by atomic mass is 9.97. The third-order valence-corrected chi connectivity index (χ3v) is 4.80. The van der Waals surface area contributed by atoms with E-state index in [1.54, 1.807) is 13.8 Å². The fourth-order valence-corrected chi connectivity index (χ4v) is 2.84. The van der Waals surface area contributed by atoms with E-state index in [1.807, 2.05) is 12.1 Å². The SMILES string of the molecule is CCC(C)(NC(=O)C(C)c1ccc(Br)s1)C(=O)O. The standard InChI is InChI=1S/C12H16BrNO3S/c1-4-12(3,11(16)17)14-10(15)7(2)8-5-6-9(13)18-8/h5-7H,4H2,1-3H3,(H,14,15)(H,16,17). The molecule has 1 aromatic heterocycles. The van der Waals surface area contributed by atoms with Crippen LogP contribution in [0.5, 0.6) is 0 Å². The summed E-state index contributed by atoms with van der Waals surface area (Å²) in [6.45, 7) is 5.02. The number of carbonyl (C=O) groups is 2. The summed E-state index contributed by atoms with van der Waals surface area (Å²) in [5, 5.41) is 11.7. The largest absolute Gasteiger partial charge is 0.480 e. The maximum atomic E-state index is 12.0. The van der Waals surface area contributed by atoms with Gasteiger partial charge in [0, 0.05) is 4.88 Å². The first-order valence-corrected chi connectivity index (χ1v) is 7.21. The van der Waals surface area contributed by atoms with E-state index in [0.717, 1.165) is 8.66 Å². The van der Waals surface area contributed by atoms with Gasteiger partial charge in [-0.3, -0.25) is 4.79 Å². The van der Waals surface area contributed by atoms with Crippen molar-refractivity contribution >= 4 is 39.1 Å². The third kappa shape index (κ3) is 3.32. The number of halogens is 1. The van der Waals surface area contributed by atoms with Crippen LogP contribution in [0.1, 0.15) is 38.0 Å². The summed E-state index contributed by atoms with van der Waals surface area (Å²) in [4.78, 5) is 24.1. The Hall–Kier alpha value is -0.880. The normalized spacial score (nSPS) is 15.8. The van der Waals surface area contributed by atoms with Gasteiger partial charge in [0.1, 0.15) is 5.54 Å². The highest BCUT2D eigenvalue weighted by atomic mass is 79.9. The number of carboxylic acids is 1. The molecule has 0 bridgehead atoms. The van der Waals surface area contributed by atoms with Crippen molar-refractivity contribution in [3.8, 4) is 0 Å². The topological polar surface area (TPSA) is 66.4 Å². The van der Waals surface area contributed by atoms with Crippen molar-refractivity contribution in [2.24, 2.45) is 0 Å². The molecule has 0 spiro atoms. The molecule has 0 saturated carbocycles. The molecule has 0 fully saturated rings. The smallest absolute Gasteiger partial charge is 0.329 e. The summed E-state index contributed by atoms with van der Waals surface area (Å²) in [7, 11) is 0. The Balaban J connectivity index is 2.79. The van der Waals surface area contributed by atoms with Gasteiger partial charge in [0.2, 0.25) is 5.91 Å². The first kappa shape index (κ1) is 15.2. The zero-order chi connectivity index (χ0) is 13.9. The predicted octanol–water partition coefficient (Wildman–Crippen LogP) is 2.98. The molecule has 2 N–H and O–H groups in total. The Labute approximate surface area is 119 Å². The van der Waals surface area contributed by atoms with Gasteiger partial charge in [-0.15, -0.1) is 11.3 Å². The summed E-state index contributed by atoms with van der Waals surface area (Å²) in [6, 6.07) is 3.74. The Morgan fingerprint density at radius 2 is 2.17 bits per heavy atom. The number of thiophene rings is 1. The maximum absolute atomic E-state index is 12.0. The van der Waals surface area contributed by atoms with Gasteiger partial charge in [0.05, 0.1) is 9.70 Å². The van der Waals surface area contributed by atoms with Gasteiger partial charge in [-0.25, -0.2) is 4.79 Å². The van der Waals surface area contributed by atoms with Gasteiger partial charge in [-0.05, 0) is 48.3 Å². The number of amides is 1. The van der Waals surface area contributed by atoms with Gasteiger partial charge < -0.3 is 10.4 Å². The molecule has 4 nitrogen and oxygen atoms in total. The Kier molecular flexibility index (Phi) is 4.92. The average Bonchev–Trinajstić information content (AvgIpc) is 2.74. The predicted molar refractivity (Wildman–Crippen MR) is 74.9 cm³/mol. The molecule has 1 amide bonds. The molecule has 1 rings (SSSR count). The minimum absolute atomic E-state index is 0.267. The van der Waals surface area contributed by atoms with Gasteiger partial charge in [0.15, 0.2) is 0 Å². The molecule has 0 aliphatic rings. The van der Waals surface area contributed by atoms with Crippen LogP contribution >= 0.6 is 27.3 Å². The molecule has 6 heteroatoms. The van der Waals surface area contributed by atoms with Crippen molar-refractivity contribution in [1.29, 1.82) is 0 Å². The van der Waals surface area contributed by atoms with Crippen LogP contribution in [0.15, 0.2) is 15.9 Å². The zero-order valence-corrected chi connectivity index (χ0v) is 12.9. The van der Waals surface area contributed by atoms with Crippen LogP contribution < -0.4 is 5.32 Å². The minimum atomic E-state index is -1.21. The Bertz CT molecular complexity index is 460. The van der Waals surface area contributed by atoms with Crippen LogP contribution in [0, 0.1) is 0 Å². The summed E-state index contributed by atoms with van der Waals surface area (Å²) >= 11 is 4.82. The van der Waals surface area contributed by atoms with E-state index in [1.165, 1.54) is 18.3 Å². The average molecular weight is 334 g/mol. The van der Waals surface area contributed by atoms with Crippen LogP contribution in [0.3, 0.4) is 0 Å². The van der Waals surface area contributed by atoms with Crippen molar-refractivity contribution in [2.45, 2.75) is 38.6 Å². The van der Waals surface area contributed by atoms with E-state index < -0.39 is 11.5 Å². The molecule has 0 aliphatic carbocycles. The molecule has 18 heavy (non-hydrogen) atoms. The molecule has 100 valence electrons. The van der Waals surface area contributed by atoms with Gasteiger partial charge in [0.25, 0.3) is 0 Å².